The molecule has 8 heteroatoms. The zero-order chi connectivity index (χ0) is 24.0. The molecule has 1 atom stereocenters. The molecule has 0 aliphatic heterocycles. The fourth-order valence-electron chi connectivity index (χ4n) is 3.41. The van der Waals surface area contributed by atoms with Gasteiger partial charge < -0.3 is 14.5 Å². The van der Waals surface area contributed by atoms with Gasteiger partial charge in [-0.15, -0.1) is 10.2 Å². The maximum atomic E-state index is 12.9. The molecule has 0 spiro atoms. The fourth-order valence-corrected chi connectivity index (χ4v) is 4.28. The number of thioether (sulfide) groups is 1. The number of amides is 1. The maximum Gasteiger partial charge on any atom is 0.237 e. The van der Waals surface area contributed by atoms with Gasteiger partial charge in [0.05, 0.1) is 11.5 Å². The van der Waals surface area contributed by atoms with Crippen LogP contribution in [0.1, 0.15) is 6.92 Å². The van der Waals surface area contributed by atoms with Crippen LogP contribution in [-0.4, -0.2) is 25.9 Å². The lowest BCUT2D eigenvalue weighted by Gasteiger charge is -2.14. The lowest BCUT2D eigenvalue weighted by molar-refractivity contribution is -0.115. The largest absolute Gasteiger partial charge is 0.461 e. The van der Waals surface area contributed by atoms with E-state index in [9.17, 15) is 4.79 Å². The molecule has 1 amide bonds. The van der Waals surface area contributed by atoms with Gasteiger partial charge in [-0.05, 0) is 67.6 Å². The number of carbonyl (C=O) groups is 1. The topological polar surface area (TPSA) is 82.2 Å². The number of anilines is 1. The number of hydrogen-bond donors (Lipinski definition) is 1. The van der Waals surface area contributed by atoms with E-state index in [1.165, 1.54) is 11.8 Å². The lowest BCUT2D eigenvalue weighted by atomic mass is 10.3. The highest BCUT2D eigenvalue weighted by atomic mass is 32.2. The molecule has 0 bridgehead atoms. The zero-order valence-electron chi connectivity index (χ0n) is 18.9. The number of benzene rings is 3. The van der Waals surface area contributed by atoms with Crippen LogP contribution in [0.25, 0.3) is 17.3 Å². The van der Waals surface area contributed by atoms with Gasteiger partial charge in [0.25, 0.3) is 0 Å². The van der Waals surface area contributed by atoms with E-state index in [2.05, 4.69) is 15.5 Å². The van der Waals surface area contributed by atoms with Gasteiger partial charge in [0.15, 0.2) is 10.9 Å². The van der Waals surface area contributed by atoms with Crippen molar-refractivity contribution in [2.75, 3.05) is 5.32 Å². The van der Waals surface area contributed by atoms with Crippen LogP contribution in [0.3, 0.4) is 0 Å². The van der Waals surface area contributed by atoms with Crippen molar-refractivity contribution >= 4 is 23.4 Å². The molecule has 174 valence electrons. The van der Waals surface area contributed by atoms with Crippen LogP contribution >= 0.6 is 11.8 Å². The van der Waals surface area contributed by atoms with Crippen LogP contribution in [-0.2, 0) is 4.79 Å². The average Bonchev–Trinajstić information content (AvgIpc) is 3.56. The minimum Gasteiger partial charge on any atom is -0.461 e. The highest BCUT2D eigenvalue weighted by Gasteiger charge is 2.23. The number of para-hydroxylation sites is 2. The van der Waals surface area contributed by atoms with Gasteiger partial charge in [0, 0.05) is 11.4 Å². The minimum absolute atomic E-state index is 0.145. The molecule has 1 unspecified atom stereocenters. The number of hydrogen-bond acceptors (Lipinski definition) is 6. The molecule has 5 rings (SSSR count). The van der Waals surface area contributed by atoms with Crippen molar-refractivity contribution in [3.05, 3.63) is 103 Å². The molecule has 3 aromatic carbocycles. The third-order valence-corrected chi connectivity index (χ3v) is 6.18. The van der Waals surface area contributed by atoms with Gasteiger partial charge in [-0.25, -0.2) is 0 Å². The molecule has 0 saturated carbocycles. The summed E-state index contributed by atoms with van der Waals surface area (Å²) in [5, 5.41) is 11.8. The van der Waals surface area contributed by atoms with E-state index in [4.69, 9.17) is 9.15 Å². The number of rotatable bonds is 8. The first-order chi connectivity index (χ1) is 17.2. The summed E-state index contributed by atoms with van der Waals surface area (Å²) >= 11 is 1.33. The summed E-state index contributed by atoms with van der Waals surface area (Å²) in [4.78, 5) is 12.9. The molecular weight excluding hydrogens is 460 g/mol. The number of carbonyl (C=O) groups excluding carboxylic acids is 1. The molecule has 0 aliphatic rings. The molecule has 0 aliphatic carbocycles. The average molecular weight is 483 g/mol. The summed E-state index contributed by atoms with van der Waals surface area (Å²) in [6.07, 6.45) is 1.60. The third kappa shape index (κ3) is 5.28. The second-order valence-corrected chi connectivity index (χ2v) is 8.95. The Morgan fingerprint density at radius 2 is 1.57 bits per heavy atom. The number of nitrogens with zero attached hydrogens (tertiary/aromatic N) is 3. The van der Waals surface area contributed by atoms with Crippen LogP contribution < -0.4 is 10.1 Å². The molecule has 35 heavy (non-hydrogen) atoms. The summed E-state index contributed by atoms with van der Waals surface area (Å²) in [6, 6.07) is 30.2. The Kier molecular flexibility index (Phi) is 6.63. The number of furan rings is 1. The van der Waals surface area contributed by atoms with E-state index in [-0.39, 0.29) is 5.91 Å². The van der Waals surface area contributed by atoms with Crippen molar-refractivity contribution in [2.45, 2.75) is 17.3 Å². The predicted molar refractivity (Wildman–Crippen MR) is 136 cm³/mol. The normalized spacial score (nSPS) is 11.7. The monoisotopic (exact) mass is 482 g/mol. The second-order valence-electron chi connectivity index (χ2n) is 7.64. The molecule has 0 fully saturated rings. The molecule has 0 saturated heterocycles. The lowest BCUT2D eigenvalue weighted by Crippen LogP contribution is -2.22. The van der Waals surface area contributed by atoms with Crippen molar-refractivity contribution in [2.24, 2.45) is 0 Å². The number of nitrogens with one attached hydrogen (secondary N) is 1. The van der Waals surface area contributed by atoms with Crippen molar-refractivity contribution in [3.63, 3.8) is 0 Å². The van der Waals surface area contributed by atoms with E-state index in [0.717, 1.165) is 11.4 Å². The summed E-state index contributed by atoms with van der Waals surface area (Å²) in [6.45, 7) is 1.84. The third-order valence-electron chi connectivity index (χ3n) is 5.14. The highest BCUT2D eigenvalue weighted by molar-refractivity contribution is 8.00. The summed E-state index contributed by atoms with van der Waals surface area (Å²) in [7, 11) is 0. The molecule has 0 radical (unpaired) electrons. The predicted octanol–water partition coefficient (Wildman–Crippen LogP) is 6.44. The van der Waals surface area contributed by atoms with E-state index in [1.54, 1.807) is 12.3 Å². The number of aromatic nitrogens is 3. The fraction of sp³-hybridized carbons (Fsp3) is 0.0741. The molecule has 1 N–H and O–H groups in total. The van der Waals surface area contributed by atoms with Crippen molar-refractivity contribution in [1.29, 1.82) is 0 Å². The summed E-state index contributed by atoms with van der Waals surface area (Å²) in [5.74, 6) is 2.48. The zero-order valence-corrected chi connectivity index (χ0v) is 19.7. The van der Waals surface area contributed by atoms with Crippen molar-refractivity contribution in [1.82, 2.24) is 14.8 Å². The van der Waals surface area contributed by atoms with E-state index in [1.807, 2.05) is 102 Å². The summed E-state index contributed by atoms with van der Waals surface area (Å²) in [5.41, 5.74) is 1.57. The summed E-state index contributed by atoms with van der Waals surface area (Å²) < 4.78 is 13.3. The molecule has 7 nitrogen and oxygen atoms in total. The van der Waals surface area contributed by atoms with Crippen LogP contribution in [0.4, 0.5) is 5.69 Å². The first-order valence-corrected chi connectivity index (χ1v) is 11.9. The van der Waals surface area contributed by atoms with Crippen molar-refractivity contribution < 1.29 is 13.9 Å². The Bertz CT molecular complexity index is 1390. The van der Waals surface area contributed by atoms with Gasteiger partial charge in [-0.2, -0.15) is 0 Å². The van der Waals surface area contributed by atoms with Gasteiger partial charge in [-0.1, -0.05) is 48.2 Å². The van der Waals surface area contributed by atoms with Gasteiger partial charge in [-0.3, -0.25) is 9.36 Å². The quantitative estimate of drug-likeness (QED) is 0.256. The van der Waals surface area contributed by atoms with Crippen LogP contribution in [0.15, 0.2) is 113 Å². The van der Waals surface area contributed by atoms with Crippen molar-refractivity contribution in [3.8, 4) is 28.8 Å². The Labute approximate surface area is 206 Å². The molecule has 2 aromatic heterocycles. The standard InChI is InChI=1S/C27H22N4O3S/c1-19(26(32)28-20-14-16-23(17-15-20)34-22-11-6-3-7-12-22)35-27-30-29-25(24-13-8-18-33-24)31(27)21-9-4-2-5-10-21/h2-19H,1H3,(H,28,32). The first-order valence-electron chi connectivity index (χ1n) is 11.0. The smallest absolute Gasteiger partial charge is 0.237 e. The van der Waals surface area contributed by atoms with E-state index in [0.29, 0.717) is 28.2 Å². The Morgan fingerprint density at radius 3 is 2.26 bits per heavy atom. The van der Waals surface area contributed by atoms with Gasteiger partial charge in [0.1, 0.15) is 11.5 Å². The van der Waals surface area contributed by atoms with Crippen LogP contribution in [0.5, 0.6) is 11.5 Å². The Morgan fingerprint density at radius 1 is 0.886 bits per heavy atom. The first kappa shape index (κ1) is 22.5. The Hall–Kier alpha value is -4.30. The SMILES string of the molecule is CC(Sc1nnc(-c2ccco2)n1-c1ccccc1)C(=O)Nc1ccc(Oc2ccccc2)cc1. The van der Waals surface area contributed by atoms with E-state index >= 15 is 0 Å². The Balaban J connectivity index is 1.29. The van der Waals surface area contributed by atoms with Gasteiger partial charge >= 0.3 is 0 Å². The van der Waals surface area contributed by atoms with Crippen LogP contribution in [0, 0.1) is 0 Å². The second kappa shape index (κ2) is 10.3. The molecule has 2 heterocycles. The van der Waals surface area contributed by atoms with Gasteiger partial charge in [0.2, 0.25) is 11.7 Å². The number of ether oxygens (including phenoxy) is 1. The molecule has 5 aromatic rings. The maximum absolute atomic E-state index is 12.9. The van der Waals surface area contributed by atoms with E-state index < -0.39 is 5.25 Å². The van der Waals surface area contributed by atoms with Crippen LogP contribution in [0.2, 0.25) is 0 Å². The highest BCUT2D eigenvalue weighted by Crippen LogP contribution is 2.31. The molecular formula is C27H22N4O3S. The minimum atomic E-state index is -0.425.